The number of aryl methyl sites for hydroxylation is 2. The van der Waals surface area contributed by atoms with Gasteiger partial charge in [-0.2, -0.15) is 0 Å². The van der Waals surface area contributed by atoms with Crippen LogP contribution in [-0.2, 0) is 19.2 Å². The maximum absolute atomic E-state index is 14.4. The first kappa shape index (κ1) is 31.3. The molecule has 2 saturated heterocycles. The van der Waals surface area contributed by atoms with Crippen LogP contribution >= 0.6 is 39.1 Å². The van der Waals surface area contributed by atoms with E-state index in [2.05, 4.69) is 20.9 Å². The van der Waals surface area contributed by atoms with Crippen molar-refractivity contribution in [2.45, 2.75) is 42.4 Å². The minimum absolute atomic E-state index is 0.102. The molecule has 0 spiro atoms. The standard InChI is InChI=1S/C36H28BrCl2N3O6/c1-17-13-20(14-18(2)29(17)43)28-22-11-12-23-27(24(22)15-35(38)33(46)41(16-37)34(47)36(28,35)39)32(45)42(31(23)44)21-9-7-19(8-10-21)30-40-25-5-3-4-6-26(25)48-30/h3-11,13-14,23-24,27-28,43H,12,15-16H2,1-2H3. The number of para-hydroxylation sites is 2. The quantitative estimate of drug-likeness (QED) is 0.106. The molecule has 3 heterocycles. The minimum Gasteiger partial charge on any atom is -0.507 e. The zero-order valence-corrected chi connectivity index (χ0v) is 28.8. The van der Waals surface area contributed by atoms with E-state index in [1.54, 1.807) is 50.2 Å². The Balaban J connectivity index is 1.19. The molecule has 6 atom stereocenters. The Bertz CT molecular complexity index is 2080. The number of fused-ring (bicyclic) bond motifs is 5. The smallest absolute Gasteiger partial charge is 0.254 e. The van der Waals surface area contributed by atoms with Crippen molar-refractivity contribution in [3.8, 4) is 17.2 Å². The van der Waals surface area contributed by atoms with E-state index in [-0.39, 0.29) is 30.0 Å². The van der Waals surface area contributed by atoms with Gasteiger partial charge in [0.2, 0.25) is 17.7 Å². The molecule has 9 nitrogen and oxygen atoms in total. The number of allylic oxidation sites excluding steroid dienone is 2. The van der Waals surface area contributed by atoms with E-state index in [9.17, 15) is 24.3 Å². The molecule has 4 aliphatic rings. The highest BCUT2D eigenvalue weighted by molar-refractivity contribution is 9.09. The predicted molar refractivity (Wildman–Crippen MR) is 183 cm³/mol. The summed E-state index contributed by atoms with van der Waals surface area (Å²) in [4.78, 5) is 59.2. The summed E-state index contributed by atoms with van der Waals surface area (Å²) in [6.07, 6.45) is 2.04. The number of anilines is 1. The van der Waals surface area contributed by atoms with Crippen molar-refractivity contribution in [3.63, 3.8) is 0 Å². The molecule has 2 aliphatic heterocycles. The Kier molecular flexibility index (Phi) is 7.01. The first-order valence-electron chi connectivity index (χ1n) is 15.5. The van der Waals surface area contributed by atoms with Gasteiger partial charge in [-0.15, -0.1) is 23.2 Å². The van der Waals surface area contributed by atoms with Crippen molar-refractivity contribution in [2.24, 2.45) is 17.8 Å². The van der Waals surface area contributed by atoms with Gasteiger partial charge in [0.25, 0.3) is 11.8 Å². The van der Waals surface area contributed by atoms with Crippen molar-refractivity contribution in [2.75, 3.05) is 10.4 Å². The molecule has 48 heavy (non-hydrogen) atoms. The summed E-state index contributed by atoms with van der Waals surface area (Å²) in [5.41, 5.74) is 4.78. The number of likely N-dealkylation sites (tertiary alicyclic amines) is 1. The van der Waals surface area contributed by atoms with Gasteiger partial charge in [-0.1, -0.05) is 51.8 Å². The number of halogens is 3. The Morgan fingerprint density at radius 1 is 0.958 bits per heavy atom. The maximum Gasteiger partial charge on any atom is 0.254 e. The average Bonchev–Trinajstić information content (AvgIpc) is 3.66. The Morgan fingerprint density at radius 2 is 1.65 bits per heavy atom. The number of oxazole rings is 1. The van der Waals surface area contributed by atoms with Crippen LogP contribution in [0, 0.1) is 31.6 Å². The number of hydrogen-bond donors (Lipinski definition) is 1. The summed E-state index contributed by atoms with van der Waals surface area (Å²) in [5, 5.41) is 10.6. The van der Waals surface area contributed by atoms with Crippen LogP contribution in [0.1, 0.15) is 35.4 Å². The van der Waals surface area contributed by atoms with E-state index in [1.165, 1.54) is 4.90 Å². The van der Waals surface area contributed by atoms with Crippen molar-refractivity contribution in [1.29, 1.82) is 0 Å². The number of phenols is 1. The maximum atomic E-state index is 14.4. The zero-order chi connectivity index (χ0) is 33.9. The number of carbonyl (C=O) groups is 4. The summed E-state index contributed by atoms with van der Waals surface area (Å²) < 4.78 is 5.89. The fraction of sp³-hybridized carbons (Fsp3) is 0.306. The lowest BCUT2D eigenvalue weighted by molar-refractivity contribution is -0.138. The van der Waals surface area contributed by atoms with Crippen molar-refractivity contribution < 1.29 is 28.7 Å². The summed E-state index contributed by atoms with van der Waals surface area (Å²) in [6.45, 7) is 3.48. The SMILES string of the molecule is Cc1cc(C2C3=CCC4C(=O)N(c5ccc(-c6nc7ccccc7o6)cc5)C(=O)C4C3CC3(Cl)C(=O)N(CBr)C(=O)C23Cl)cc(C)c1O. The number of carbonyl (C=O) groups excluding carboxylic acids is 4. The van der Waals surface area contributed by atoms with Crippen LogP contribution in [0.3, 0.4) is 0 Å². The number of aromatic hydroxyl groups is 1. The third kappa shape index (κ3) is 4.05. The van der Waals surface area contributed by atoms with Gasteiger partial charge in [0, 0.05) is 11.5 Å². The molecule has 0 radical (unpaired) electrons. The molecule has 6 unspecified atom stereocenters. The van der Waals surface area contributed by atoms with Crippen LogP contribution < -0.4 is 4.90 Å². The summed E-state index contributed by atoms with van der Waals surface area (Å²) in [6, 6.07) is 17.8. The summed E-state index contributed by atoms with van der Waals surface area (Å²) >= 11 is 17.9. The molecule has 1 aromatic heterocycles. The number of hydrogen-bond acceptors (Lipinski definition) is 7. The summed E-state index contributed by atoms with van der Waals surface area (Å²) in [5.74, 6) is -4.56. The minimum atomic E-state index is -1.91. The first-order chi connectivity index (χ1) is 22.9. The number of imide groups is 2. The van der Waals surface area contributed by atoms with Gasteiger partial charge in [-0.3, -0.25) is 29.0 Å². The number of nitrogens with zero attached hydrogens (tertiary/aromatic N) is 3. The van der Waals surface area contributed by atoms with Gasteiger partial charge in [0.1, 0.15) is 11.3 Å². The second-order valence-electron chi connectivity index (χ2n) is 13.0. The van der Waals surface area contributed by atoms with Crippen LogP contribution in [0.4, 0.5) is 5.69 Å². The number of amides is 4. The molecule has 4 aromatic rings. The van der Waals surface area contributed by atoms with E-state index >= 15 is 0 Å². The van der Waals surface area contributed by atoms with Crippen molar-refractivity contribution >= 4 is 79.5 Å². The first-order valence-corrected chi connectivity index (χ1v) is 17.4. The highest BCUT2D eigenvalue weighted by Gasteiger charge is 2.76. The Hall–Kier alpha value is -3.99. The molecule has 1 N–H and O–H groups in total. The van der Waals surface area contributed by atoms with Crippen LogP contribution in [0.15, 0.2) is 76.7 Å². The van der Waals surface area contributed by atoms with Gasteiger partial charge in [0.15, 0.2) is 15.3 Å². The molecule has 4 amide bonds. The lowest BCUT2D eigenvalue weighted by Crippen LogP contribution is -2.60. The molecule has 1 saturated carbocycles. The van der Waals surface area contributed by atoms with Gasteiger partial charge >= 0.3 is 0 Å². The highest BCUT2D eigenvalue weighted by atomic mass is 79.9. The van der Waals surface area contributed by atoms with Crippen LogP contribution in [0.2, 0.25) is 0 Å². The zero-order valence-electron chi connectivity index (χ0n) is 25.7. The monoisotopic (exact) mass is 747 g/mol. The number of rotatable bonds is 4. The second kappa shape index (κ2) is 10.8. The Morgan fingerprint density at radius 3 is 2.31 bits per heavy atom. The molecular formula is C36H28BrCl2N3O6. The number of alkyl halides is 3. The molecule has 0 bridgehead atoms. The van der Waals surface area contributed by atoms with E-state index in [0.717, 1.165) is 10.4 Å². The van der Waals surface area contributed by atoms with Gasteiger partial charge in [-0.25, -0.2) is 4.98 Å². The van der Waals surface area contributed by atoms with Crippen LogP contribution in [0.25, 0.3) is 22.6 Å². The number of aromatic nitrogens is 1. The molecule has 2 aliphatic carbocycles. The number of phenolic OH excluding ortho intramolecular Hbond substituents is 1. The Labute approximate surface area is 293 Å². The fourth-order valence-corrected chi connectivity index (χ4v) is 9.71. The van der Waals surface area contributed by atoms with E-state index < -0.39 is 51.1 Å². The third-order valence-corrected chi connectivity index (χ3v) is 12.4. The highest BCUT2D eigenvalue weighted by Crippen LogP contribution is 2.65. The molecule has 3 fully saturated rings. The second-order valence-corrected chi connectivity index (χ2v) is 14.8. The van der Waals surface area contributed by atoms with Gasteiger partial charge in [0.05, 0.1) is 23.0 Å². The largest absolute Gasteiger partial charge is 0.507 e. The fourth-order valence-electron chi connectivity index (χ4n) is 8.29. The molecule has 8 rings (SSSR count). The van der Waals surface area contributed by atoms with E-state index in [0.29, 0.717) is 45.0 Å². The normalized spacial score (nSPS) is 29.7. The van der Waals surface area contributed by atoms with Gasteiger partial charge < -0.3 is 9.52 Å². The molecular weight excluding hydrogens is 721 g/mol. The van der Waals surface area contributed by atoms with Crippen LogP contribution in [-0.4, -0.2) is 53.8 Å². The van der Waals surface area contributed by atoms with E-state index in [4.69, 9.17) is 27.6 Å². The predicted octanol–water partition coefficient (Wildman–Crippen LogP) is 6.73. The van der Waals surface area contributed by atoms with Crippen molar-refractivity contribution in [3.05, 3.63) is 89.0 Å². The number of benzene rings is 3. The van der Waals surface area contributed by atoms with Crippen LogP contribution in [0.5, 0.6) is 5.75 Å². The topological polar surface area (TPSA) is 121 Å². The molecule has 244 valence electrons. The lowest BCUT2D eigenvalue weighted by Gasteiger charge is -2.51. The lowest BCUT2D eigenvalue weighted by atomic mass is 9.56. The van der Waals surface area contributed by atoms with E-state index in [1.807, 2.05) is 30.3 Å². The molecule has 12 heteroatoms. The van der Waals surface area contributed by atoms with Crippen molar-refractivity contribution in [1.82, 2.24) is 9.88 Å². The average molecular weight is 749 g/mol. The third-order valence-electron chi connectivity index (χ3n) is 10.5. The summed E-state index contributed by atoms with van der Waals surface area (Å²) in [7, 11) is 0. The van der Waals surface area contributed by atoms with Gasteiger partial charge in [-0.05, 0) is 85.7 Å². The molecule has 3 aromatic carbocycles.